The quantitative estimate of drug-likeness (QED) is 0.882. The highest BCUT2D eigenvalue weighted by Crippen LogP contribution is 2.27. The molecule has 0 radical (unpaired) electrons. The minimum Gasteiger partial charge on any atom is -0.494 e. The Balaban J connectivity index is 0.00000106. The number of hydrogen-bond acceptors (Lipinski definition) is 5. The standard InChI is InChI=1S/C13H12FNO4.C2H6/c1-18-11-5-8(13(17)19-2)3-7-4-9(14)10(6-16)15-12(7)11;1-2/h3-5,16H,6H2,1-2H3;1-2H3. The highest BCUT2D eigenvalue weighted by molar-refractivity contribution is 5.97. The number of carbonyl (C=O) groups is 1. The molecule has 0 aliphatic rings. The number of halogens is 1. The van der Waals surface area contributed by atoms with Crippen molar-refractivity contribution >= 4 is 16.9 Å². The summed E-state index contributed by atoms with van der Waals surface area (Å²) >= 11 is 0. The molecule has 0 amide bonds. The molecule has 0 saturated heterocycles. The predicted molar refractivity (Wildman–Crippen MR) is 76.9 cm³/mol. The zero-order valence-electron chi connectivity index (χ0n) is 12.4. The molecule has 2 aromatic rings. The number of pyridine rings is 1. The van der Waals surface area contributed by atoms with Crippen LogP contribution in [0.4, 0.5) is 4.39 Å². The zero-order valence-corrected chi connectivity index (χ0v) is 12.4. The number of methoxy groups -OCH3 is 2. The van der Waals surface area contributed by atoms with Gasteiger partial charge in [-0.3, -0.25) is 0 Å². The summed E-state index contributed by atoms with van der Waals surface area (Å²) in [7, 11) is 2.67. The van der Waals surface area contributed by atoms with Crippen molar-refractivity contribution < 1.29 is 23.8 Å². The van der Waals surface area contributed by atoms with Crippen molar-refractivity contribution in [2.45, 2.75) is 20.5 Å². The zero-order chi connectivity index (χ0) is 16.0. The lowest BCUT2D eigenvalue weighted by atomic mass is 10.1. The molecule has 0 aliphatic carbocycles. The topological polar surface area (TPSA) is 68.7 Å². The molecule has 1 N–H and O–H groups in total. The molecule has 0 aliphatic heterocycles. The van der Waals surface area contributed by atoms with Crippen molar-refractivity contribution in [2.75, 3.05) is 14.2 Å². The van der Waals surface area contributed by atoms with Crippen LogP contribution < -0.4 is 4.74 Å². The number of aliphatic hydroxyl groups is 1. The largest absolute Gasteiger partial charge is 0.494 e. The van der Waals surface area contributed by atoms with Crippen LogP contribution in [0.25, 0.3) is 10.9 Å². The molecule has 0 unspecified atom stereocenters. The summed E-state index contributed by atoms with van der Waals surface area (Å²) < 4.78 is 23.3. The maximum atomic E-state index is 13.6. The van der Waals surface area contributed by atoms with Crippen molar-refractivity contribution in [1.82, 2.24) is 4.98 Å². The number of hydrogen-bond donors (Lipinski definition) is 1. The summed E-state index contributed by atoms with van der Waals surface area (Å²) in [6.45, 7) is 3.49. The van der Waals surface area contributed by atoms with Crippen LogP contribution in [0.2, 0.25) is 0 Å². The summed E-state index contributed by atoms with van der Waals surface area (Å²) in [5, 5.41) is 9.40. The summed E-state index contributed by atoms with van der Waals surface area (Å²) in [5.74, 6) is -0.876. The van der Waals surface area contributed by atoms with Gasteiger partial charge in [-0.15, -0.1) is 0 Å². The Morgan fingerprint density at radius 2 is 1.95 bits per heavy atom. The Bertz CT molecular complexity index is 643. The van der Waals surface area contributed by atoms with Gasteiger partial charge in [-0.2, -0.15) is 0 Å². The van der Waals surface area contributed by atoms with E-state index in [2.05, 4.69) is 9.72 Å². The Morgan fingerprint density at radius 3 is 2.48 bits per heavy atom. The van der Waals surface area contributed by atoms with Gasteiger partial charge in [0.25, 0.3) is 0 Å². The summed E-state index contributed by atoms with van der Waals surface area (Å²) in [6.07, 6.45) is 0. The van der Waals surface area contributed by atoms with E-state index in [0.29, 0.717) is 16.7 Å². The number of rotatable bonds is 3. The van der Waals surface area contributed by atoms with Gasteiger partial charge >= 0.3 is 5.97 Å². The number of aliphatic hydroxyl groups excluding tert-OH is 1. The minimum absolute atomic E-state index is 0.0726. The highest BCUT2D eigenvalue weighted by atomic mass is 19.1. The summed E-state index contributed by atoms with van der Waals surface area (Å²) in [5.41, 5.74) is 0.544. The molecule has 21 heavy (non-hydrogen) atoms. The molecule has 1 heterocycles. The Morgan fingerprint density at radius 1 is 1.29 bits per heavy atom. The van der Waals surface area contributed by atoms with Gasteiger partial charge in [0, 0.05) is 5.39 Å². The van der Waals surface area contributed by atoms with E-state index in [4.69, 9.17) is 9.84 Å². The van der Waals surface area contributed by atoms with Gasteiger partial charge in [0.15, 0.2) is 0 Å². The molecule has 1 aromatic heterocycles. The lowest BCUT2D eigenvalue weighted by Gasteiger charge is -2.09. The van der Waals surface area contributed by atoms with Gasteiger partial charge in [-0.25, -0.2) is 14.2 Å². The average molecular weight is 295 g/mol. The first-order chi connectivity index (χ1) is 10.1. The van der Waals surface area contributed by atoms with Crippen LogP contribution in [0.3, 0.4) is 0 Å². The normalized spacial score (nSPS) is 9.81. The third-order valence-corrected chi connectivity index (χ3v) is 2.70. The third kappa shape index (κ3) is 3.46. The van der Waals surface area contributed by atoms with E-state index >= 15 is 0 Å². The first kappa shape index (κ1) is 16.8. The predicted octanol–water partition coefficient (Wildman–Crippen LogP) is 2.69. The monoisotopic (exact) mass is 295 g/mol. The number of carbonyl (C=O) groups excluding carboxylic acids is 1. The Labute approximate surface area is 122 Å². The number of esters is 1. The molecule has 1 aromatic carbocycles. The lowest BCUT2D eigenvalue weighted by Crippen LogP contribution is -2.03. The van der Waals surface area contributed by atoms with Crippen LogP contribution in [-0.2, 0) is 11.3 Å². The van der Waals surface area contributed by atoms with E-state index in [0.717, 1.165) is 0 Å². The van der Waals surface area contributed by atoms with Gasteiger partial charge in [-0.1, -0.05) is 13.8 Å². The maximum absolute atomic E-state index is 13.6. The van der Waals surface area contributed by atoms with Gasteiger partial charge in [0.05, 0.1) is 26.4 Å². The van der Waals surface area contributed by atoms with Crippen LogP contribution in [0.5, 0.6) is 5.75 Å². The molecule has 114 valence electrons. The maximum Gasteiger partial charge on any atom is 0.338 e. The van der Waals surface area contributed by atoms with Crippen molar-refractivity contribution in [1.29, 1.82) is 0 Å². The fraction of sp³-hybridized carbons (Fsp3) is 0.333. The van der Waals surface area contributed by atoms with Gasteiger partial charge in [0.1, 0.15) is 22.8 Å². The Hall–Kier alpha value is -2.21. The number of ether oxygens (including phenoxy) is 2. The van der Waals surface area contributed by atoms with Crippen LogP contribution in [0, 0.1) is 5.82 Å². The van der Waals surface area contributed by atoms with E-state index in [9.17, 15) is 9.18 Å². The highest BCUT2D eigenvalue weighted by Gasteiger charge is 2.14. The first-order valence-electron chi connectivity index (χ1n) is 6.47. The SMILES string of the molecule is CC.COC(=O)c1cc(OC)c2nc(CO)c(F)cc2c1. The van der Waals surface area contributed by atoms with Crippen LogP contribution in [0.1, 0.15) is 29.9 Å². The van der Waals surface area contributed by atoms with Crippen LogP contribution in [-0.4, -0.2) is 30.3 Å². The average Bonchev–Trinajstić information content (AvgIpc) is 2.54. The molecule has 2 rings (SSSR count). The Kier molecular flexibility index (Phi) is 6.05. The van der Waals surface area contributed by atoms with Crippen molar-refractivity contribution in [2.24, 2.45) is 0 Å². The first-order valence-corrected chi connectivity index (χ1v) is 6.47. The summed E-state index contributed by atoms with van der Waals surface area (Å²) in [6, 6.07) is 4.12. The van der Waals surface area contributed by atoms with E-state index < -0.39 is 18.4 Å². The number of nitrogens with zero attached hydrogens (tertiary/aromatic N) is 1. The van der Waals surface area contributed by atoms with Crippen molar-refractivity contribution in [3.63, 3.8) is 0 Å². The van der Waals surface area contributed by atoms with Gasteiger partial charge in [-0.05, 0) is 18.2 Å². The second-order valence-corrected chi connectivity index (χ2v) is 3.82. The van der Waals surface area contributed by atoms with E-state index in [1.165, 1.54) is 32.4 Å². The fourth-order valence-electron chi connectivity index (χ4n) is 1.77. The second-order valence-electron chi connectivity index (χ2n) is 3.82. The third-order valence-electron chi connectivity index (χ3n) is 2.70. The minimum atomic E-state index is -0.640. The van der Waals surface area contributed by atoms with Crippen molar-refractivity contribution in [3.8, 4) is 5.75 Å². The molecular weight excluding hydrogens is 277 g/mol. The van der Waals surface area contributed by atoms with Crippen LogP contribution in [0.15, 0.2) is 18.2 Å². The van der Waals surface area contributed by atoms with E-state index in [1.54, 1.807) is 0 Å². The van der Waals surface area contributed by atoms with Crippen molar-refractivity contribution in [3.05, 3.63) is 35.3 Å². The number of benzene rings is 1. The summed E-state index contributed by atoms with van der Waals surface area (Å²) in [4.78, 5) is 15.5. The smallest absolute Gasteiger partial charge is 0.338 e. The number of aromatic nitrogens is 1. The molecule has 5 nitrogen and oxygen atoms in total. The van der Waals surface area contributed by atoms with E-state index in [-0.39, 0.29) is 11.3 Å². The molecule has 0 spiro atoms. The van der Waals surface area contributed by atoms with E-state index in [1.807, 2.05) is 13.8 Å². The molecule has 0 atom stereocenters. The molecule has 6 heteroatoms. The van der Waals surface area contributed by atoms with Gasteiger partial charge in [0.2, 0.25) is 0 Å². The second kappa shape index (κ2) is 7.54. The molecular formula is C15H18FNO4. The van der Waals surface area contributed by atoms with Crippen LogP contribution >= 0.6 is 0 Å². The lowest BCUT2D eigenvalue weighted by molar-refractivity contribution is 0.0600. The molecule has 0 bridgehead atoms. The molecule has 0 fully saturated rings. The van der Waals surface area contributed by atoms with Gasteiger partial charge < -0.3 is 14.6 Å². The molecule has 0 saturated carbocycles. The number of fused-ring (bicyclic) bond motifs is 1. The fourth-order valence-corrected chi connectivity index (χ4v) is 1.77.